The van der Waals surface area contributed by atoms with Crippen molar-refractivity contribution in [2.75, 3.05) is 6.61 Å². The fraction of sp³-hybridized carbons (Fsp3) is 0.185. The van der Waals surface area contributed by atoms with Crippen LogP contribution in [0, 0.1) is 0 Å². The fourth-order valence-electron chi connectivity index (χ4n) is 3.85. The number of benzene rings is 4. The summed E-state index contributed by atoms with van der Waals surface area (Å²) in [5, 5.41) is 6.49. The molecule has 4 rings (SSSR count). The number of aryl methyl sites for hydroxylation is 1. The highest BCUT2D eigenvalue weighted by Gasteiger charge is 2.18. The highest BCUT2D eigenvalue weighted by Crippen LogP contribution is 2.29. The lowest BCUT2D eigenvalue weighted by atomic mass is 9.97. The number of carbonyl (C=O) groups is 2. The Kier molecular flexibility index (Phi) is 6.27. The third kappa shape index (κ3) is 4.92. The largest absolute Gasteiger partial charge is 0.452 e. The maximum atomic E-state index is 13.0. The minimum Gasteiger partial charge on any atom is -0.452 e. The summed E-state index contributed by atoms with van der Waals surface area (Å²) in [6.07, 6.45) is 1.70. The number of carbonyl (C=O) groups excluding carboxylic acids is 2. The van der Waals surface area contributed by atoms with E-state index >= 15 is 0 Å². The van der Waals surface area contributed by atoms with Gasteiger partial charge in [0.1, 0.15) is 0 Å². The molecule has 0 unspecified atom stereocenters. The monoisotopic (exact) mass is 411 g/mol. The van der Waals surface area contributed by atoms with Gasteiger partial charge in [0.25, 0.3) is 5.91 Å². The van der Waals surface area contributed by atoms with Crippen LogP contribution in [0.15, 0.2) is 84.9 Å². The van der Waals surface area contributed by atoms with Gasteiger partial charge in [-0.3, -0.25) is 4.79 Å². The Bertz CT molecular complexity index is 1160. The number of fused-ring (bicyclic) bond motifs is 2. The van der Waals surface area contributed by atoms with E-state index in [9.17, 15) is 9.59 Å². The molecule has 0 spiro atoms. The minimum absolute atomic E-state index is 0.00945. The highest BCUT2D eigenvalue weighted by molar-refractivity contribution is 6.16. The van der Waals surface area contributed by atoms with Gasteiger partial charge in [-0.2, -0.15) is 0 Å². The molecular weight excluding hydrogens is 386 g/mol. The molecule has 4 nitrogen and oxygen atoms in total. The van der Waals surface area contributed by atoms with Crippen molar-refractivity contribution in [3.8, 4) is 0 Å². The zero-order chi connectivity index (χ0) is 21.6. The summed E-state index contributed by atoms with van der Waals surface area (Å²) in [5.74, 6) is -0.779. The van der Waals surface area contributed by atoms with Gasteiger partial charge in [0, 0.05) is 6.04 Å². The molecule has 0 heterocycles. The molecule has 0 bridgehead atoms. The number of hydrogen-bond acceptors (Lipinski definition) is 3. The summed E-state index contributed by atoms with van der Waals surface area (Å²) in [7, 11) is 0. The van der Waals surface area contributed by atoms with Crippen LogP contribution in [0.4, 0.5) is 0 Å². The number of nitrogens with one attached hydrogen (secondary N) is 1. The number of hydrogen-bond donors (Lipinski definition) is 1. The molecule has 4 aromatic rings. The van der Waals surface area contributed by atoms with Crippen LogP contribution in [0.25, 0.3) is 21.5 Å². The van der Waals surface area contributed by atoms with Gasteiger partial charge in [0.15, 0.2) is 6.61 Å². The van der Waals surface area contributed by atoms with Gasteiger partial charge in [-0.15, -0.1) is 0 Å². The van der Waals surface area contributed by atoms with Crippen molar-refractivity contribution in [2.45, 2.75) is 25.8 Å². The first-order valence-electron chi connectivity index (χ1n) is 10.5. The average molecular weight is 412 g/mol. The second-order valence-corrected chi connectivity index (χ2v) is 7.76. The Morgan fingerprint density at radius 1 is 0.839 bits per heavy atom. The average Bonchev–Trinajstić information content (AvgIpc) is 2.80. The molecular formula is C27H25NO3. The molecule has 1 N–H and O–H groups in total. The topological polar surface area (TPSA) is 55.4 Å². The molecule has 0 aliphatic heterocycles. The summed E-state index contributed by atoms with van der Waals surface area (Å²) < 4.78 is 5.42. The van der Waals surface area contributed by atoms with Crippen molar-refractivity contribution in [1.29, 1.82) is 0 Å². The first-order valence-corrected chi connectivity index (χ1v) is 10.5. The molecule has 0 fully saturated rings. The number of rotatable bonds is 7. The minimum atomic E-state index is -0.486. The molecule has 4 heteroatoms. The second-order valence-electron chi connectivity index (χ2n) is 7.76. The SMILES string of the molecule is C[C@@H](CCc1ccccc1)NC(=O)COC(=O)c1c2ccccc2cc2ccccc12. The van der Waals surface area contributed by atoms with Crippen molar-refractivity contribution in [3.05, 3.63) is 96.1 Å². The maximum Gasteiger partial charge on any atom is 0.339 e. The Labute approximate surface area is 181 Å². The van der Waals surface area contributed by atoms with Gasteiger partial charge in [0.2, 0.25) is 0 Å². The number of amides is 1. The van der Waals surface area contributed by atoms with Crippen LogP contribution >= 0.6 is 0 Å². The van der Waals surface area contributed by atoms with Crippen molar-refractivity contribution in [2.24, 2.45) is 0 Å². The Balaban J connectivity index is 1.41. The molecule has 0 aliphatic rings. The Morgan fingerprint density at radius 2 is 1.42 bits per heavy atom. The van der Waals surface area contributed by atoms with E-state index in [-0.39, 0.29) is 18.6 Å². The van der Waals surface area contributed by atoms with Crippen molar-refractivity contribution in [3.63, 3.8) is 0 Å². The first-order chi connectivity index (χ1) is 15.1. The lowest BCUT2D eigenvalue weighted by Crippen LogP contribution is -2.36. The highest BCUT2D eigenvalue weighted by atomic mass is 16.5. The third-order valence-electron chi connectivity index (χ3n) is 5.43. The predicted octanol–water partition coefficient (Wildman–Crippen LogP) is 5.29. The fourth-order valence-corrected chi connectivity index (χ4v) is 3.85. The summed E-state index contributed by atoms with van der Waals surface area (Å²) in [6.45, 7) is 1.66. The van der Waals surface area contributed by atoms with Gasteiger partial charge in [-0.1, -0.05) is 78.9 Å². The van der Waals surface area contributed by atoms with Crippen molar-refractivity contribution < 1.29 is 14.3 Å². The van der Waals surface area contributed by atoms with E-state index < -0.39 is 5.97 Å². The summed E-state index contributed by atoms with van der Waals surface area (Å²) in [4.78, 5) is 25.3. The quantitative estimate of drug-likeness (QED) is 0.332. The summed E-state index contributed by atoms with van der Waals surface area (Å²) in [5.41, 5.74) is 1.73. The zero-order valence-corrected chi connectivity index (χ0v) is 17.5. The van der Waals surface area contributed by atoms with E-state index in [0.717, 1.165) is 34.4 Å². The van der Waals surface area contributed by atoms with Crippen LogP contribution in [0.3, 0.4) is 0 Å². The van der Waals surface area contributed by atoms with Crippen LogP contribution in [-0.4, -0.2) is 24.5 Å². The van der Waals surface area contributed by atoms with Gasteiger partial charge in [-0.05, 0) is 52.9 Å². The second kappa shape index (κ2) is 9.43. The number of ether oxygens (including phenoxy) is 1. The molecule has 0 saturated carbocycles. The lowest BCUT2D eigenvalue weighted by Gasteiger charge is -2.15. The van der Waals surface area contributed by atoms with Crippen LogP contribution < -0.4 is 5.32 Å². The smallest absolute Gasteiger partial charge is 0.339 e. The lowest BCUT2D eigenvalue weighted by molar-refractivity contribution is -0.124. The van der Waals surface area contributed by atoms with E-state index in [4.69, 9.17) is 4.74 Å². The molecule has 0 radical (unpaired) electrons. The first kappa shape index (κ1) is 20.6. The molecule has 1 amide bonds. The van der Waals surface area contributed by atoms with Crippen LogP contribution in [0.5, 0.6) is 0 Å². The van der Waals surface area contributed by atoms with Crippen LogP contribution in [-0.2, 0) is 16.0 Å². The molecule has 156 valence electrons. The normalized spacial score (nSPS) is 11.9. The zero-order valence-electron chi connectivity index (χ0n) is 17.5. The third-order valence-corrected chi connectivity index (χ3v) is 5.43. The van der Waals surface area contributed by atoms with Gasteiger partial charge in [-0.25, -0.2) is 4.79 Å². The van der Waals surface area contributed by atoms with E-state index in [2.05, 4.69) is 23.5 Å². The number of esters is 1. The molecule has 1 atom stereocenters. The summed E-state index contributed by atoms with van der Waals surface area (Å²) in [6, 6.07) is 27.6. The van der Waals surface area contributed by atoms with Gasteiger partial charge < -0.3 is 10.1 Å². The van der Waals surface area contributed by atoms with E-state index in [1.807, 2.05) is 73.7 Å². The van der Waals surface area contributed by atoms with E-state index in [1.165, 1.54) is 5.56 Å². The summed E-state index contributed by atoms with van der Waals surface area (Å²) >= 11 is 0. The van der Waals surface area contributed by atoms with Crippen LogP contribution in [0.2, 0.25) is 0 Å². The molecule has 0 saturated heterocycles. The van der Waals surface area contributed by atoms with Crippen LogP contribution in [0.1, 0.15) is 29.3 Å². The molecule has 0 aromatic heterocycles. The maximum absolute atomic E-state index is 13.0. The molecule has 31 heavy (non-hydrogen) atoms. The molecule has 0 aliphatic carbocycles. The van der Waals surface area contributed by atoms with Crippen molar-refractivity contribution in [1.82, 2.24) is 5.32 Å². The van der Waals surface area contributed by atoms with Crippen molar-refractivity contribution >= 4 is 33.4 Å². The van der Waals surface area contributed by atoms with Gasteiger partial charge >= 0.3 is 5.97 Å². The van der Waals surface area contributed by atoms with Gasteiger partial charge in [0.05, 0.1) is 5.56 Å². The Hall–Kier alpha value is -3.66. The predicted molar refractivity (Wildman–Crippen MR) is 124 cm³/mol. The Morgan fingerprint density at radius 3 is 2.06 bits per heavy atom. The molecule has 4 aromatic carbocycles. The van der Waals surface area contributed by atoms with E-state index in [1.54, 1.807) is 0 Å². The van der Waals surface area contributed by atoms with E-state index in [0.29, 0.717) is 5.56 Å². The standard InChI is InChI=1S/C27H25NO3/c1-19(15-16-20-9-3-2-4-10-20)28-25(29)18-31-27(30)26-23-13-7-5-11-21(23)17-22-12-6-8-14-24(22)26/h2-14,17,19H,15-16,18H2,1H3,(H,28,29)/t19-/m0/s1.